The monoisotopic (exact) mass is 246 g/mol. The zero-order valence-electron chi connectivity index (χ0n) is 11.2. The Labute approximate surface area is 109 Å². The van der Waals surface area contributed by atoms with Gasteiger partial charge in [0, 0.05) is 5.92 Å². The number of fused-ring (bicyclic) bond motifs is 3. The van der Waals surface area contributed by atoms with E-state index in [4.69, 9.17) is 0 Å². The van der Waals surface area contributed by atoms with Crippen molar-refractivity contribution in [1.82, 2.24) is 0 Å². The summed E-state index contributed by atoms with van der Waals surface area (Å²) in [4.78, 5) is 12.2. The van der Waals surface area contributed by atoms with Crippen LogP contribution in [0.15, 0.2) is 24.3 Å². The van der Waals surface area contributed by atoms with Crippen LogP contribution in [0.5, 0.6) is 0 Å². The largest absolute Gasteiger partial charge is 0.389 e. The lowest BCUT2D eigenvalue weighted by molar-refractivity contribution is -0.126. The summed E-state index contributed by atoms with van der Waals surface area (Å²) in [5.41, 5.74) is 0.147. The molecule has 0 aromatic carbocycles. The van der Waals surface area contributed by atoms with Crippen LogP contribution in [-0.4, -0.2) is 17.0 Å². The maximum absolute atomic E-state index is 12.2. The van der Waals surface area contributed by atoms with E-state index in [1.165, 1.54) is 0 Å². The second-order valence-corrected chi connectivity index (χ2v) is 6.84. The Kier molecular flexibility index (Phi) is 2.57. The Bertz CT molecular complexity index is 436. The Morgan fingerprint density at radius 3 is 2.67 bits per heavy atom. The fourth-order valence-electron chi connectivity index (χ4n) is 4.29. The van der Waals surface area contributed by atoms with Gasteiger partial charge in [-0.15, -0.1) is 0 Å². The van der Waals surface area contributed by atoms with Crippen molar-refractivity contribution in [1.29, 1.82) is 0 Å². The van der Waals surface area contributed by atoms with E-state index in [1.54, 1.807) is 6.08 Å². The molecule has 3 aliphatic rings. The lowest BCUT2D eigenvalue weighted by Gasteiger charge is -2.49. The van der Waals surface area contributed by atoms with Crippen LogP contribution >= 0.6 is 0 Å². The minimum absolute atomic E-state index is 0.0599. The molecule has 2 nitrogen and oxygen atoms in total. The van der Waals surface area contributed by atoms with Gasteiger partial charge in [-0.2, -0.15) is 0 Å². The Morgan fingerprint density at radius 2 is 1.89 bits per heavy atom. The van der Waals surface area contributed by atoms with Crippen molar-refractivity contribution in [2.75, 3.05) is 0 Å². The quantitative estimate of drug-likeness (QED) is 0.667. The summed E-state index contributed by atoms with van der Waals surface area (Å²) in [7, 11) is 0. The van der Waals surface area contributed by atoms with Gasteiger partial charge in [0.2, 0.25) is 0 Å². The van der Waals surface area contributed by atoms with Crippen molar-refractivity contribution in [3.05, 3.63) is 24.3 Å². The molecule has 0 saturated heterocycles. The van der Waals surface area contributed by atoms with E-state index in [0.717, 1.165) is 25.7 Å². The molecule has 3 rings (SSSR count). The minimum atomic E-state index is -0.330. The van der Waals surface area contributed by atoms with Crippen molar-refractivity contribution in [3.8, 4) is 0 Å². The topological polar surface area (TPSA) is 37.3 Å². The standard InChI is InChI=1S/C16H22O2/c1-15-7-5-11(17)3-4-12(15)14-13(18)6-8-16(14,2)10-9-15/h5-8,11-12,14,17H,3-4,9-10H2,1-2H3/t11-,12+,14-,15+,16-/m0/s1. The van der Waals surface area contributed by atoms with Crippen LogP contribution in [0.2, 0.25) is 0 Å². The first-order chi connectivity index (χ1) is 8.45. The van der Waals surface area contributed by atoms with Crippen molar-refractivity contribution in [3.63, 3.8) is 0 Å². The first kappa shape index (κ1) is 12.2. The summed E-state index contributed by atoms with van der Waals surface area (Å²) in [5, 5.41) is 9.83. The summed E-state index contributed by atoms with van der Waals surface area (Å²) in [6.07, 6.45) is 11.7. The highest BCUT2D eigenvalue weighted by Gasteiger charge is 2.54. The second-order valence-electron chi connectivity index (χ2n) is 6.84. The zero-order valence-corrected chi connectivity index (χ0v) is 11.2. The number of hydrogen-bond acceptors (Lipinski definition) is 2. The van der Waals surface area contributed by atoms with E-state index in [-0.39, 0.29) is 22.9 Å². The summed E-state index contributed by atoms with van der Waals surface area (Å²) < 4.78 is 0. The number of aliphatic hydroxyl groups is 1. The van der Waals surface area contributed by atoms with Crippen LogP contribution in [0.25, 0.3) is 0 Å². The lowest BCUT2D eigenvalue weighted by Crippen LogP contribution is -2.45. The van der Waals surface area contributed by atoms with Crippen molar-refractivity contribution in [2.24, 2.45) is 22.7 Å². The minimum Gasteiger partial charge on any atom is -0.389 e. The van der Waals surface area contributed by atoms with Gasteiger partial charge in [0.1, 0.15) is 0 Å². The van der Waals surface area contributed by atoms with E-state index in [9.17, 15) is 9.90 Å². The predicted octanol–water partition coefficient (Wildman–Crippen LogP) is 2.88. The molecule has 0 heterocycles. The fraction of sp³-hybridized carbons (Fsp3) is 0.688. The Balaban J connectivity index is 1.99. The third-order valence-electron chi connectivity index (χ3n) is 5.57. The molecule has 18 heavy (non-hydrogen) atoms. The van der Waals surface area contributed by atoms with Crippen LogP contribution in [0.1, 0.15) is 39.5 Å². The number of allylic oxidation sites excluding steroid dienone is 3. The molecule has 0 radical (unpaired) electrons. The lowest BCUT2D eigenvalue weighted by atomic mass is 9.53. The molecule has 98 valence electrons. The molecule has 0 aliphatic heterocycles. The fourth-order valence-corrected chi connectivity index (χ4v) is 4.29. The molecule has 0 spiro atoms. The molecular weight excluding hydrogens is 224 g/mol. The van der Waals surface area contributed by atoms with Gasteiger partial charge >= 0.3 is 0 Å². The summed E-state index contributed by atoms with van der Waals surface area (Å²) >= 11 is 0. The zero-order chi connectivity index (χ0) is 13.0. The number of ketones is 1. The van der Waals surface area contributed by atoms with Gasteiger partial charge in [0.15, 0.2) is 5.78 Å². The highest BCUT2D eigenvalue weighted by Crippen LogP contribution is 2.58. The summed E-state index contributed by atoms with van der Waals surface area (Å²) in [5.74, 6) is 0.816. The van der Waals surface area contributed by atoms with E-state index in [1.807, 2.05) is 6.08 Å². The molecule has 0 bridgehead atoms. The van der Waals surface area contributed by atoms with Crippen LogP contribution in [-0.2, 0) is 4.79 Å². The van der Waals surface area contributed by atoms with Gasteiger partial charge in [-0.1, -0.05) is 32.1 Å². The maximum atomic E-state index is 12.2. The highest BCUT2D eigenvalue weighted by molar-refractivity contribution is 5.95. The number of aliphatic hydroxyl groups excluding tert-OH is 1. The number of carbonyl (C=O) groups excluding carboxylic acids is 1. The van der Waals surface area contributed by atoms with Gasteiger partial charge in [-0.25, -0.2) is 0 Å². The second kappa shape index (κ2) is 3.80. The average molecular weight is 246 g/mol. The van der Waals surface area contributed by atoms with E-state index >= 15 is 0 Å². The van der Waals surface area contributed by atoms with Crippen molar-refractivity contribution in [2.45, 2.75) is 45.6 Å². The summed E-state index contributed by atoms with van der Waals surface area (Å²) in [6, 6.07) is 0. The summed E-state index contributed by atoms with van der Waals surface area (Å²) in [6.45, 7) is 4.49. The molecule has 1 fully saturated rings. The Hall–Kier alpha value is -0.890. The van der Waals surface area contributed by atoms with Gasteiger partial charge in [0.25, 0.3) is 0 Å². The third kappa shape index (κ3) is 1.62. The first-order valence-electron chi connectivity index (χ1n) is 7.05. The Morgan fingerprint density at radius 1 is 1.17 bits per heavy atom. The van der Waals surface area contributed by atoms with Gasteiger partial charge in [-0.3, -0.25) is 4.79 Å². The van der Waals surface area contributed by atoms with Crippen LogP contribution in [0.4, 0.5) is 0 Å². The molecule has 5 atom stereocenters. The third-order valence-corrected chi connectivity index (χ3v) is 5.57. The first-order valence-corrected chi connectivity index (χ1v) is 7.05. The van der Waals surface area contributed by atoms with Gasteiger partial charge in [-0.05, 0) is 48.5 Å². The number of hydrogen-bond donors (Lipinski definition) is 1. The predicted molar refractivity (Wildman–Crippen MR) is 71.0 cm³/mol. The number of carbonyl (C=O) groups is 1. The molecule has 2 heteroatoms. The van der Waals surface area contributed by atoms with Crippen LogP contribution in [0, 0.1) is 22.7 Å². The molecular formula is C16H22O2. The van der Waals surface area contributed by atoms with Crippen molar-refractivity contribution < 1.29 is 9.90 Å². The van der Waals surface area contributed by atoms with E-state index < -0.39 is 0 Å². The molecule has 3 aliphatic carbocycles. The molecule has 0 amide bonds. The van der Waals surface area contributed by atoms with Crippen LogP contribution < -0.4 is 0 Å². The molecule has 0 aromatic heterocycles. The van der Waals surface area contributed by atoms with Crippen molar-refractivity contribution >= 4 is 5.78 Å². The number of rotatable bonds is 0. The normalized spacial score (nSPS) is 50.8. The molecule has 1 N–H and O–H groups in total. The average Bonchev–Trinajstić information content (AvgIpc) is 2.54. The van der Waals surface area contributed by atoms with E-state index in [0.29, 0.717) is 11.7 Å². The molecule has 0 unspecified atom stereocenters. The smallest absolute Gasteiger partial charge is 0.159 e. The van der Waals surface area contributed by atoms with Gasteiger partial charge in [0.05, 0.1) is 6.10 Å². The van der Waals surface area contributed by atoms with E-state index in [2.05, 4.69) is 26.0 Å². The van der Waals surface area contributed by atoms with Gasteiger partial charge < -0.3 is 5.11 Å². The van der Waals surface area contributed by atoms with Crippen LogP contribution in [0.3, 0.4) is 0 Å². The SMILES string of the molecule is C[C@@]12C=CC(=O)[C@@H]1[C@H]1CC[C@H](O)C=C[C@]1(C)CC2. The molecule has 0 aromatic rings. The molecule has 1 saturated carbocycles. The maximum Gasteiger partial charge on any atom is 0.159 e. The highest BCUT2D eigenvalue weighted by atomic mass is 16.3.